The Bertz CT molecular complexity index is 367. The molecule has 1 amide bonds. The second-order valence-corrected chi connectivity index (χ2v) is 6.05. The number of halogens is 1. The fraction of sp³-hybridized carbons (Fsp3) is 0.846. The van der Waals surface area contributed by atoms with Crippen LogP contribution in [0.5, 0.6) is 0 Å². The number of alkyl halides is 1. The van der Waals surface area contributed by atoms with E-state index in [2.05, 4.69) is 0 Å². The minimum atomic E-state index is -2.04. The van der Waals surface area contributed by atoms with Crippen LogP contribution in [-0.4, -0.2) is 52.6 Å². The van der Waals surface area contributed by atoms with Crippen LogP contribution in [0.25, 0.3) is 0 Å². The fourth-order valence-electron chi connectivity index (χ4n) is 2.59. The average Bonchev–Trinajstić information content (AvgIpc) is 2.28. The molecule has 0 unspecified atom stereocenters. The van der Waals surface area contributed by atoms with Crippen molar-refractivity contribution in [3.05, 3.63) is 0 Å². The maximum absolute atomic E-state index is 14.5. The van der Waals surface area contributed by atoms with Crippen molar-refractivity contribution in [2.45, 2.75) is 51.7 Å². The molecule has 0 aromatic carbocycles. The molecule has 1 aliphatic rings. The van der Waals surface area contributed by atoms with E-state index in [4.69, 9.17) is 4.74 Å². The van der Waals surface area contributed by atoms with Gasteiger partial charge < -0.3 is 9.84 Å². The Labute approximate surface area is 112 Å². The van der Waals surface area contributed by atoms with Crippen LogP contribution >= 0.6 is 0 Å². The molecule has 1 fully saturated rings. The smallest absolute Gasteiger partial charge is 0.464 e. The second-order valence-electron chi connectivity index (χ2n) is 6.05. The molecule has 110 valence electrons. The molecule has 0 atom stereocenters. The monoisotopic (exact) mass is 276 g/mol. The number of carbonyl (C=O) groups excluding carboxylic acids is 1. The maximum atomic E-state index is 14.5. The average molecular weight is 276 g/mol. The van der Waals surface area contributed by atoms with E-state index >= 15 is 0 Å². The van der Waals surface area contributed by atoms with Crippen molar-refractivity contribution in [2.24, 2.45) is 0 Å². The highest BCUT2D eigenvalue weighted by Crippen LogP contribution is 2.37. The summed E-state index contributed by atoms with van der Waals surface area (Å²) in [4.78, 5) is 23.2. The number of piperidine rings is 1. The number of ether oxygens (including phenoxy) is 1. The molecule has 1 heterocycles. The van der Waals surface area contributed by atoms with E-state index < -0.39 is 23.3 Å². The topological polar surface area (TPSA) is 63.6 Å². The third kappa shape index (κ3) is 2.73. The van der Waals surface area contributed by atoms with Gasteiger partial charge in [-0.1, -0.05) is 0 Å². The largest absolute Gasteiger partial charge is 0.513 e. The zero-order valence-electron chi connectivity index (χ0n) is 12.0. The number of hydrogen-bond donors (Lipinski definition) is 1. The van der Waals surface area contributed by atoms with Crippen molar-refractivity contribution in [2.75, 3.05) is 19.7 Å². The summed E-state index contributed by atoms with van der Waals surface area (Å²) in [6.07, 6.45) is -1.21. The third-order valence-corrected chi connectivity index (χ3v) is 4.07. The minimum absolute atomic E-state index is 0.0914. The van der Waals surface area contributed by atoms with Gasteiger partial charge in [-0.05, 0) is 27.7 Å². The van der Waals surface area contributed by atoms with Crippen molar-refractivity contribution in [1.29, 1.82) is 0 Å². The van der Waals surface area contributed by atoms with Crippen LogP contribution in [-0.2, 0) is 9.53 Å². The zero-order chi connectivity index (χ0) is 14.9. The number of quaternary nitrogens is 1. The molecular weight excluding hydrogens is 253 g/mol. The van der Waals surface area contributed by atoms with Crippen molar-refractivity contribution >= 4 is 12.1 Å². The molecule has 1 saturated heterocycles. The molecule has 0 aromatic heterocycles. The van der Waals surface area contributed by atoms with Crippen LogP contribution in [0, 0.1) is 0 Å². The van der Waals surface area contributed by atoms with E-state index in [1.807, 2.05) is 20.8 Å². The third-order valence-electron chi connectivity index (χ3n) is 4.07. The summed E-state index contributed by atoms with van der Waals surface area (Å²) in [6.45, 7) is 7.38. The summed E-state index contributed by atoms with van der Waals surface area (Å²) >= 11 is 0. The van der Waals surface area contributed by atoms with Crippen molar-refractivity contribution < 1.29 is 28.3 Å². The number of likely N-dealkylation sites (tertiary alicyclic amines) is 1. The normalized spacial score (nSPS) is 31.8. The highest BCUT2D eigenvalue weighted by Gasteiger charge is 2.56. The number of carboxylic acid groups (broad SMARTS) is 1. The highest BCUT2D eigenvalue weighted by atomic mass is 19.1. The number of carbonyl (C=O) groups is 2. The number of esters is 1. The lowest BCUT2D eigenvalue weighted by molar-refractivity contribution is -0.909. The van der Waals surface area contributed by atoms with Gasteiger partial charge in [-0.3, -0.25) is 0 Å². The van der Waals surface area contributed by atoms with Crippen molar-refractivity contribution in [1.82, 2.24) is 0 Å². The highest BCUT2D eigenvalue weighted by molar-refractivity contribution is 5.79. The summed E-state index contributed by atoms with van der Waals surface area (Å²) in [7, 11) is 0. The molecule has 1 N–H and O–H groups in total. The molecule has 5 nitrogen and oxygen atoms in total. The second kappa shape index (κ2) is 5.07. The Hall–Kier alpha value is -1.17. The molecule has 0 aromatic rings. The maximum Gasteiger partial charge on any atom is 0.513 e. The standard InChI is InChI=1S/C13H22FNO4/c1-5-19-10(16)13(14)6-8-15(9-7-13,11(17)18)12(2,3)4/h5-9H2,1-4H3/p+1. The predicted molar refractivity (Wildman–Crippen MR) is 67.5 cm³/mol. The van der Waals surface area contributed by atoms with Gasteiger partial charge in [0.2, 0.25) is 5.67 Å². The predicted octanol–water partition coefficient (Wildman–Crippen LogP) is 2.34. The lowest BCUT2D eigenvalue weighted by atomic mass is 9.87. The molecule has 0 spiro atoms. The van der Waals surface area contributed by atoms with E-state index in [1.54, 1.807) is 6.92 Å². The van der Waals surface area contributed by atoms with E-state index in [1.165, 1.54) is 0 Å². The number of hydrogen-bond acceptors (Lipinski definition) is 3. The van der Waals surface area contributed by atoms with Gasteiger partial charge in [-0.25, -0.2) is 13.7 Å². The minimum Gasteiger partial charge on any atom is -0.464 e. The van der Waals surface area contributed by atoms with Gasteiger partial charge in [0, 0.05) is 12.8 Å². The molecule has 6 heteroatoms. The molecule has 0 aliphatic carbocycles. The first-order chi connectivity index (χ1) is 8.59. The van der Waals surface area contributed by atoms with Crippen molar-refractivity contribution in [3.63, 3.8) is 0 Å². The summed E-state index contributed by atoms with van der Waals surface area (Å²) in [5, 5.41) is 9.47. The van der Waals surface area contributed by atoms with Gasteiger partial charge in [0.15, 0.2) is 0 Å². The summed E-state index contributed by atoms with van der Waals surface area (Å²) < 4.78 is 19.0. The van der Waals surface area contributed by atoms with E-state index in [9.17, 15) is 19.1 Å². The number of amides is 1. The van der Waals surface area contributed by atoms with Crippen LogP contribution < -0.4 is 0 Å². The van der Waals surface area contributed by atoms with E-state index in [0.717, 1.165) is 0 Å². The molecule has 0 saturated carbocycles. The SMILES string of the molecule is CCOC(=O)C1(F)CC[N+](C(=O)O)(C(C)(C)C)CC1. The van der Waals surface area contributed by atoms with Crippen LogP contribution in [0.2, 0.25) is 0 Å². The lowest BCUT2D eigenvalue weighted by Gasteiger charge is -2.48. The Kier molecular flexibility index (Phi) is 4.24. The van der Waals surface area contributed by atoms with Crippen LogP contribution in [0.15, 0.2) is 0 Å². The Balaban J connectivity index is 2.91. The van der Waals surface area contributed by atoms with Gasteiger partial charge in [0.25, 0.3) is 0 Å². The number of nitrogens with zero attached hydrogens (tertiary/aromatic N) is 1. The summed E-state index contributed by atoms with van der Waals surface area (Å²) in [6, 6.07) is 0. The first kappa shape index (κ1) is 15.9. The van der Waals surface area contributed by atoms with E-state index in [0.29, 0.717) is 0 Å². The van der Waals surface area contributed by atoms with Gasteiger partial charge in [-0.2, -0.15) is 4.79 Å². The van der Waals surface area contributed by atoms with Crippen LogP contribution in [0.3, 0.4) is 0 Å². The van der Waals surface area contributed by atoms with Gasteiger partial charge in [-0.15, -0.1) is 0 Å². The van der Waals surface area contributed by atoms with Gasteiger partial charge in [0.05, 0.1) is 19.7 Å². The molecule has 1 aliphatic heterocycles. The fourth-order valence-corrected chi connectivity index (χ4v) is 2.59. The first-order valence-electron chi connectivity index (χ1n) is 6.56. The van der Waals surface area contributed by atoms with Crippen LogP contribution in [0.4, 0.5) is 9.18 Å². The van der Waals surface area contributed by atoms with Gasteiger partial charge >= 0.3 is 12.1 Å². The molecule has 0 radical (unpaired) electrons. The van der Waals surface area contributed by atoms with Crippen molar-refractivity contribution in [3.8, 4) is 0 Å². The first-order valence-corrected chi connectivity index (χ1v) is 6.56. The van der Waals surface area contributed by atoms with Crippen LogP contribution in [0.1, 0.15) is 40.5 Å². The summed E-state index contributed by atoms with van der Waals surface area (Å²) in [5.41, 5.74) is -2.58. The Morgan fingerprint density at radius 3 is 2.11 bits per heavy atom. The lowest BCUT2D eigenvalue weighted by Crippen LogP contribution is -2.68. The Morgan fingerprint density at radius 1 is 1.32 bits per heavy atom. The Morgan fingerprint density at radius 2 is 1.79 bits per heavy atom. The zero-order valence-corrected chi connectivity index (χ0v) is 12.0. The quantitative estimate of drug-likeness (QED) is 0.621. The number of rotatable bonds is 2. The molecular formula is C13H23FNO4+. The summed E-state index contributed by atoms with van der Waals surface area (Å²) in [5.74, 6) is -0.868. The molecule has 19 heavy (non-hydrogen) atoms. The van der Waals surface area contributed by atoms with Gasteiger partial charge in [0.1, 0.15) is 5.54 Å². The molecule has 1 rings (SSSR count). The van der Waals surface area contributed by atoms with E-state index in [-0.39, 0.29) is 37.0 Å². The molecule has 0 bridgehead atoms.